The number of benzene rings is 1. The van der Waals surface area contributed by atoms with E-state index in [1.807, 2.05) is 35.3 Å². The highest BCUT2D eigenvalue weighted by Gasteiger charge is 2.11. The summed E-state index contributed by atoms with van der Waals surface area (Å²) < 4.78 is 1.90. The number of nitrogens with one attached hydrogen (secondary N) is 1. The van der Waals surface area contributed by atoms with Gasteiger partial charge in [-0.05, 0) is 32.2 Å². The zero-order chi connectivity index (χ0) is 14.7. The molecule has 0 bridgehead atoms. The van der Waals surface area contributed by atoms with Gasteiger partial charge in [0.25, 0.3) is 0 Å². The Balaban J connectivity index is 2.35. The molecule has 1 heterocycles. The first-order valence-corrected chi connectivity index (χ1v) is 7.94. The van der Waals surface area contributed by atoms with Gasteiger partial charge in [0, 0.05) is 28.4 Å². The van der Waals surface area contributed by atoms with Gasteiger partial charge < -0.3 is 11.1 Å². The Hall–Kier alpha value is -1.53. The fourth-order valence-electron chi connectivity index (χ4n) is 1.90. The Morgan fingerprint density at radius 1 is 1.45 bits per heavy atom. The fraction of sp³-hybridized carbons (Fsp3) is 0.286. The van der Waals surface area contributed by atoms with Crippen LogP contribution in [0.3, 0.4) is 0 Å². The van der Waals surface area contributed by atoms with E-state index in [0.29, 0.717) is 11.0 Å². The molecule has 2 aromatic rings. The van der Waals surface area contributed by atoms with E-state index in [1.165, 1.54) is 0 Å². The Morgan fingerprint density at radius 3 is 2.75 bits per heavy atom. The number of aromatic nitrogens is 2. The normalized spacial score (nSPS) is 10.8. The largest absolute Gasteiger partial charge is 0.389 e. The molecule has 1 aromatic carbocycles. The van der Waals surface area contributed by atoms with E-state index in [2.05, 4.69) is 24.3 Å². The van der Waals surface area contributed by atoms with Crippen LogP contribution in [0.2, 0.25) is 0 Å². The second-order valence-corrected chi connectivity index (χ2v) is 5.96. The van der Waals surface area contributed by atoms with Crippen LogP contribution >= 0.6 is 24.0 Å². The third kappa shape index (κ3) is 3.13. The highest BCUT2D eigenvalue weighted by atomic mass is 32.2. The van der Waals surface area contributed by atoms with Crippen LogP contribution in [-0.4, -0.2) is 21.0 Å². The maximum absolute atomic E-state index is 5.86. The Labute approximate surface area is 128 Å². The van der Waals surface area contributed by atoms with Crippen molar-refractivity contribution >= 4 is 40.3 Å². The standard InChI is InChI=1S/C14H18N4S2/c1-9(2)18-8-10(7-16-18)17-11-5-4-6-12(20-3)13(11)14(15)19/h4-9,17H,1-3H3,(H2,15,19). The van der Waals surface area contributed by atoms with Gasteiger partial charge in [0.1, 0.15) is 4.99 Å². The summed E-state index contributed by atoms with van der Waals surface area (Å²) in [5, 5.41) is 7.65. The number of rotatable bonds is 5. The van der Waals surface area contributed by atoms with Crippen LogP contribution in [0.1, 0.15) is 25.5 Å². The zero-order valence-corrected chi connectivity index (χ0v) is 13.4. The molecule has 3 N–H and O–H groups in total. The zero-order valence-electron chi connectivity index (χ0n) is 11.8. The molecule has 20 heavy (non-hydrogen) atoms. The summed E-state index contributed by atoms with van der Waals surface area (Å²) in [5.74, 6) is 0. The minimum atomic E-state index is 0.332. The van der Waals surface area contributed by atoms with E-state index < -0.39 is 0 Å². The molecule has 6 heteroatoms. The van der Waals surface area contributed by atoms with Crippen LogP contribution < -0.4 is 11.1 Å². The van der Waals surface area contributed by atoms with E-state index in [4.69, 9.17) is 18.0 Å². The van der Waals surface area contributed by atoms with Crippen molar-refractivity contribution in [3.8, 4) is 0 Å². The molecule has 0 aliphatic rings. The molecule has 2 rings (SSSR count). The monoisotopic (exact) mass is 306 g/mol. The molecular weight excluding hydrogens is 288 g/mol. The predicted octanol–water partition coefficient (Wildman–Crippen LogP) is 3.56. The van der Waals surface area contributed by atoms with Crippen molar-refractivity contribution in [3.63, 3.8) is 0 Å². The van der Waals surface area contributed by atoms with Gasteiger partial charge in [-0.15, -0.1) is 11.8 Å². The van der Waals surface area contributed by atoms with Crippen molar-refractivity contribution in [2.75, 3.05) is 11.6 Å². The summed E-state index contributed by atoms with van der Waals surface area (Å²) in [5.41, 5.74) is 8.57. The number of thioether (sulfide) groups is 1. The molecule has 0 aliphatic heterocycles. The second kappa shape index (κ2) is 6.28. The van der Waals surface area contributed by atoms with Crippen LogP contribution in [0, 0.1) is 0 Å². The molecule has 4 nitrogen and oxygen atoms in total. The highest BCUT2D eigenvalue weighted by Crippen LogP contribution is 2.29. The minimum absolute atomic E-state index is 0.332. The number of hydrogen-bond acceptors (Lipinski definition) is 4. The van der Waals surface area contributed by atoms with Crippen molar-refractivity contribution in [1.82, 2.24) is 9.78 Å². The lowest BCUT2D eigenvalue weighted by molar-refractivity contribution is 0.532. The Kier molecular flexibility index (Phi) is 4.67. The summed E-state index contributed by atoms with van der Waals surface area (Å²) in [6.45, 7) is 4.18. The van der Waals surface area contributed by atoms with E-state index in [0.717, 1.165) is 21.8 Å². The van der Waals surface area contributed by atoms with Crippen LogP contribution in [0.25, 0.3) is 0 Å². The molecule has 106 valence electrons. The smallest absolute Gasteiger partial charge is 0.107 e. The lowest BCUT2D eigenvalue weighted by Gasteiger charge is -2.13. The van der Waals surface area contributed by atoms with Crippen LogP contribution in [0.4, 0.5) is 11.4 Å². The van der Waals surface area contributed by atoms with E-state index >= 15 is 0 Å². The quantitative estimate of drug-likeness (QED) is 0.653. The molecule has 0 amide bonds. The minimum Gasteiger partial charge on any atom is -0.389 e. The second-order valence-electron chi connectivity index (χ2n) is 4.67. The van der Waals surface area contributed by atoms with Gasteiger partial charge in [0.2, 0.25) is 0 Å². The maximum atomic E-state index is 5.86. The molecule has 0 fully saturated rings. The van der Waals surface area contributed by atoms with Crippen molar-refractivity contribution < 1.29 is 0 Å². The average Bonchev–Trinajstić information content (AvgIpc) is 2.86. The molecular formula is C14H18N4S2. The number of thiocarbonyl (C=S) groups is 1. The molecule has 1 aromatic heterocycles. The third-order valence-corrected chi connectivity index (χ3v) is 3.89. The number of nitrogens with zero attached hydrogens (tertiary/aromatic N) is 2. The third-order valence-electron chi connectivity index (χ3n) is 2.90. The van der Waals surface area contributed by atoms with Gasteiger partial charge in [0.15, 0.2) is 0 Å². The summed E-state index contributed by atoms with van der Waals surface area (Å²) in [7, 11) is 0. The summed E-state index contributed by atoms with van der Waals surface area (Å²) in [6, 6.07) is 6.31. The van der Waals surface area contributed by atoms with Crippen molar-refractivity contribution in [2.45, 2.75) is 24.8 Å². The molecule has 0 spiro atoms. The number of hydrogen-bond donors (Lipinski definition) is 2. The van der Waals surface area contributed by atoms with Crippen LogP contribution in [-0.2, 0) is 0 Å². The van der Waals surface area contributed by atoms with Crippen molar-refractivity contribution in [1.29, 1.82) is 0 Å². The Morgan fingerprint density at radius 2 is 2.20 bits per heavy atom. The lowest BCUT2D eigenvalue weighted by atomic mass is 10.1. The SMILES string of the molecule is CSc1cccc(Nc2cnn(C(C)C)c2)c1C(N)=S. The van der Waals surface area contributed by atoms with Crippen LogP contribution in [0.5, 0.6) is 0 Å². The van der Waals surface area contributed by atoms with Crippen molar-refractivity contribution in [3.05, 3.63) is 36.2 Å². The van der Waals surface area contributed by atoms with Gasteiger partial charge in [-0.3, -0.25) is 4.68 Å². The average molecular weight is 306 g/mol. The van der Waals surface area contributed by atoms with Crippen molar-refractivity contribution in [2.24, 2.45) is 5.73 Å². The molecule has 0 saturated heterocycles. The lowest BCUT2D eigenvalue weighted by Crippen LogP contribution is -2.13. The van der Waals surface area contributed by atoms with Crippen LogP contribution in [0.15, 0.2) is 35.5 Å². The number of nitrogens with two attached hydrogens (primary N) is 1. The highest BCUT2D eigenvalue weighted by molar-refractivity contribution is 7.98. The fourth-order valence-corrected chi connectivity index (χ4v) is 2.82. The summed E-state index contributed by atoms with van der Waals surface area (Å²) in [4.78, 5) is 1.47. The van der Waals surface area contributed by atoms with Gasteiger partial charge >= 0.3 is 0 Å². The Bertz CT molecular complexity index is 619. The van der Waals surface area contributed by atoms with Gasteiger partial charge in [-0.1, -0.05) is 18.3 Å². The van der Waals surface area contributed by atoms with Gasteiger partial charge in [-0.25, -0.2) is 0 Å². The first-order valence-electron chi connectivity index (χ1n) is 6.31. The van der Waals surface area contributed by atoms with Gasteiger partial charge in [-0.2, -0.15) is 5.10 Å². The van der Waals surface area contributed by atoms with E-state index in [9.17, 15) is 0 Å². The molecule has 0 radical (unpaired) electrons. The molecule has 0 saturated carbocycles. The first-order chi connectivity index (χ1) is 9.52. The topological polar surface area (TPSA) is 55.9 Å². The number of anilines is 2. The first kappa shape index (κ1) is 14.9. The maximum Gasteiger partial charge on any atom is 0.107 e. The van der Waals surface area contributed by atoms with E-state index in [1.54, 1.807) is 18.0 Å². The van der Waals surface area contributed by atoms with E-state index in [-0.39, 0.29) is 0 Å². The summed E-state index contributed by atoms with van der Waals surface area (Å²) >= 11 is 6.80. The molecule has 0 atom stereocenters. The molecule has 0 unspecified atom stereocenters. The van der Waals surface area contributed by atoms with Gasteiger partial charge in [0.05, 0.1) is 11.9 Å². The summed E-state index contributed by atoms with van der Waals surface area (Å²) in [6.07, 6.45) is 5.78. The molecule has 0 aliphatic carbocycles. The predicted molar refractivity (Wildman–Crippen MR) is 90.0 cm³/mol.